The van der Waals surface area contributed by atoms with Crippen LogP contribution in [0, 0.1) is 17.1 Å². The van der Waals surface area contributed by atoms with E-state index in [1.807, 2.05) is 0 Å². The Morgan fingerprint density at radius 3 is 2.84 bits per heavy atom. The van der Waals surface area contributed by atoms with Crippen molar-refractivity contribution in [3.8, 4) is 6.07 Å². The summed E-state index contributed by atoms with van der Waals surface area (Å²) in [5, 5.41) is 12.6. The van der Waals surface area contributed by atoms with Gasteiger partial charge in [0.15, 0.2) is 0 Å². The van der Waals surface area contributed by atoms with E-state index in [9.17, 15) is 19.2 Å². The summed E-state index contributed by atoms with van der Waals surface area (Å²) in [7, 11) is 0. The molecule has 128 valence electrons. The number of carbonyl (C=O) groups is 2. The highest BCUT2D eigenvalue weighted by molar-refractivity contribution is 7.16. The molecule has 8 heteroatoms. The topological polar surface area (TPSA) is 73.2 Å². The van der Waals surface area contributed by atoms with Crippen LogP contribution in [0.2, 0.25) is 5.02 Å². The second-order valence-corrected chi connectivity index (χ2v) is 7.10. The van der Waals surface area contributed by atoms with Gasteiger partial charge in [0, 0.05) is 18.3 Å². The molecule has 0 saturated carbocycles. The van der Waals surface area contributed by atoms with Crippen LogP contribution in [0.25, 0.3) is 0 Å². The summed E-state index contributed by atoms with van der Waals surface area (Å²) in [5.74, 6) is -1.07. The minimum absolute atomic E-state index is 0.0000759. The predicted octanol–water partition coefficient (Wildman–Crippen LogP) is 3.57. The first kappa shape index (κ1) is 17.4. The van der Waals surface area contributed by atoms with Gasteiger partial charge in [-0.3, -0.25) is 9.59 Å². The fraction of sp³-hybridized carbons (Fsp3) is 0.235. The van der Waals surface area contributed by atoms with Crippen molar-refractivity contribution < 1.29 is 14.0 Å². The Morgan fingerprint density at radius 1 is 1.44 bits per heavy atom. The third-order valence-electron chi connectivity index (χ3n) is 4.02. The smallest absolute Gasteiger partial charge is 0.257 e. The van der Waals surface area contributed by atoms with E-state index >= 15 is 0 Å². The Hall–Kier alpha value is -2.43. The molecule has 0 atom stereocenters. The SMILES string of the molecule is CC(=O)N1CCc2c(sc(NC(=O)c3ccc(F)cc3Cl)c2C#N)C1. The first-order valence-corrected chi connectivity index (χ1v) is 8.66. The van der Waals surface area contributed by atoms with Crippen molar-refractivity contribution in [2.45, 2.75) is 19.9 Å². The molecule has 0 unspecified atom stereocenters. The summed E-state index contributed by atoms with van der Waals surface area (Å²) in [6, 6.07) is 5.63. The van der Waals surface area contributed by atoms with Crippen molar-refractivity contribution in [3.63, 3.8) is 0 Å². The summed E-state index contributed by atoms with van der Waals surface area (Å²) in [6.45, 7) is 2.48. The second-order valence-electron chi connectivity index (χ2n) is 5.59. The molecule has 1 aromatic carbocycles. The number of fused-ring (bicyclic) bond motifs is 1. The lowest BCUT2D eigenvalue weighted by Gasteiger charge is -2.25. The van der Waals surface area contributed by atoms with E-state index in [1.54, 1.807) is 4.90 Å². The molecule has 0 bridgehead atoms. The van der Waals surface area contributed by atoms with E-state index in [4.69, 9.17) is 11.6 Å². The molecule has 0 aliphatic carbocycles. The molecule has 2 amide bonds. The lowest BCUT2D eigenvalue weighted by molar-refractivity contribution is -0.129. The molecule has 3 rings (SSSR count). The second kappa shape index (κ2) is 6.82. The lowest BCUT2D eigenvalue weighted by atomic mass is 10.0. The molecule has 2 heterocycles. The highest BCUT2D eigenvalue weighted by Gasteiger charge is 2.26. The number of nitrogens with zero attached hydrogens (tertiary/aromatic N) is 2. The number of amides is 2. The molecule has 1 aliphatic heterocycles. The Kier molecular flexibility index (Phi) is 4.75. The number of nitriles is 1. The number of hydrogen-bond acceptors (Lipinski definition) is 4. The zero-order chi connectivity index (χ0) is 18.1. The van der Waals surface area contributed by atoms with Gasteiger partial charge in [0.05, 0.1) is 22.7 Å². The van der Waals surface area contributed by atoms with Gasteiger partial charge in [-0.1, -0.05) is 11.6 Å². The van der Waals surface area contributed by atoms with Crippen molar-refractivity contribution in [1.29, 1.82) is 5.26 Å². The fourth-order valence-corrected chi connectivity index (χ4v) is 4.18. The summed E-state index contributed by atoms with van der Waals surface area (Å²) in [4.78, 5) is 26.5. The molecule has 25 heavy (non-hydrogen) atoms. The van der Waals surface area contributed by atoms with Crippen LogP contribution in [0.3, 0.4) is 0 Å². The minimum Gasteiger partial charge on any atom is -0.337 e. The van der Waals surface area contributed by atoms with Crippen LogP contribution in [-0.4, -0.2) is 23.3 Å². The highest BCUT2D eigenvalue weighted by atomic mass is 35.5. The maximum absolute atomic E-state index is 13.1. The van der Waals surface area contributed by atoms with Crippen molar-refractivity contribution in [2.24, 2.45) is 0 Å². The molecular weight excluding hydrogens is 365 g/mol. The average molecular weight is 378 g/mol. The zero-order valence-electron chi connectivity index (χ0n) is 13.2. The molecule has 1 N–H and O–H groups in total. The van der Waals surface area contributed by atoms with Gasteiger partial charge in [-0.25, -0.2) is 4.39 Å². The average Bonchev–Trinajstić information content (AvgIpc) is 2.90. The van der Waals surface area contributed by atoms with Gasteiger partial charge in [-0.2, -0.15) is 5.26 Å². The van der Waals surface area contributed by atoms with Gasteiger partial charge in [-0.15, -0.1) is 11.3 Å². The summed E-state index contributed by atoms with van der Waals surface area (Å²) in [6.07, 6.45) is 0.571. The van der Waals surface area contributed by atoms with Gasteiger partial charge in [-0.05, 0) is 30.2 Å². The summed E-state index contributed by atoms with van der Waals surface area (Å²) < 4.78 is 13.1. The minimum atomic E-state index is -0.532. The van der Waals surface area contributed by atoms with Gasteiger partial charge in [0.25, 0.3) is 5.91 Å². The lowest BCUT2D eigenvalue weighted by Crippen LogP contribution is -2.33. The number of thiophene rings is 1. The molecule has 0 saturated heterocycles. The van der Waals surface area contributed by atoms with Crippen LogP contribution in [0.1, 0.15) is 33.3 Å². The number of hydrogen-bond donors (Lipinski definition) is 1. The van der Waals surface area contributed by atoms with E-state index in [-0.39, 0.29) is 16.5 Å². The number of nitrogens with one attached hydrogen (secondary N) is 1. The Labute approximate surface area is 152 Å². The van der Waals surface area contributed by atoms with Crippen LogP contribution < -0.4 is 5.32 Å². The predicted molar refractivity (Wildman–Crippen MR) is 93.2 cm³/mol. The number of anilines is 1. The normalized spacial score (nSPS) is 13.1. The van der Waals surface area contributed by atoms with E-state index in [2.05, 4.69) is 11.4 Å². The van der Waals surface area contributed by atoms with Crippen molar-refractivity contribution >= 4 is 39.8 Å². The maximum Gasteiger partial charge on any atom is 0.257 e. The highest BCUT2D eigenvalue weighted by Crippen LogP contribution is 2.37. The molecular formula is C17H13ClFN3O2S. The monoisotopic (exact) mass is 377 g/mol. The molecule has 0 spiro atoms. The Balaban J connectivity index is 1.90. The van der Waals surface area contributed by atoms with Crippen LogP contribution in [0.4, 0.5) is 9.39 Å². The van der Waals surface area contributed by atoms with Gasteiger partial charge in [0.1, 0.15) is 16.9 Å². The maximum atomic E-state index is 13.1. The fourth-order valence-electron chi connectivity index (χ4n) is 2.72. The standard InChI is InChI=1S/C17H13ClFN3O2S/c1-9(23)22-5-4-11-13(7-20)17(25-15(11)8-22)21-16(24)12-3-2-10(19)6-14(12)18/h2-3,6H,4-5,8H2,1H3,(H,21,24). The number of halogens is 2. The van der Waals surface area contributed by atoms with E-state index < -0.39 is 11.7 Å². The van der Waals surface area contributed by atoms with Crippen LogP contribution >= 0.6 is 22.9 Å². The Bertz CT molecular complexity index is 919. The molecule has 1 aliphatic rings. The number of rotatable bonds is 2. The molecule has 5 nitrogen and oxygen atoms in total. The zero-order valence-corrected chi connectivity index (χ0v) is 14.8. The molecule has 0 radical (unpaired) electrons. The van der Waals surface area contributed by atoms with Gasteiger partial charge < -0.3 is 10.2 Å². The molecule has 1 aromatic heterocycles. The third-order valence-corrected chi connectivity index (χ3v) is 5.46. The van der Waals surface area contributed by atoms with Gasteiger partial charge >= 0.3 is 0 Å². The van der Waals surface area contributed by atoms with Crippen LogP contribution in [-0.2, 0) is 17.8 Å². The third kappa shape index (κ3) is 3.36. The number of benzene rings is 1. The molecule has 2 aromatic rings. The van der Waals surface area contributed by atoms with Crippen molar-refractivity contribution in [3.05, 3.63) is 50.6 Å². The van der Waals surface area contributed by atoms with Crippen molar-refractivity contribution in [2.75, 3.05) is 11.9 Å². The number of carbonyl (C=O) groups excluding carboxylic acids is 2. The largest absolute Gasteiger partial charge is 0.337 e. The summed E-state index contributed by atoms with van der Waals surface area (Å²) in [5.41, 5.74) is 1.41. The van der Waals surface area contributed by atoms with E-state index in [0.717, 1.165) is 22.6 Å². The Morgan fingerprint density at radius 2 is 2.20 bits per heavy atom. The van der Waals surface area contributed by atoms with Crippen LogP contribution in [0.5, 0.6) is 0 Å². The molecule has 0 fully saturated rings. The first-order chi connectivity index (χ1) is 11.9. The van der Waals surface area contributed by atoms with E-state index in [1.165, 1.54) is 24.3 Å². The first-order valence-electron chi connectivity index (χ1n) is 7.47. The van der Waals surface area contributed by atoms with E-state index in [0.29, 0.717) is 30.1 Å². The quantitative estimate of drug-likeness (QED) is 0.869. The van der Waals surface area contributed by atoms with Gasteiger partial charge in [0.2, 0.25) is 5.91 Å². The van der Waals surface area contributed by atoms with Crippen molar-refractivity contribution in [1.82, 2.24) is 4.90 Å². The summed E-state index contributed by atoms with van der Waals surface area (Å²) >= 11 is 7.19. The van der Waals surface area contributed by atoms with Crippen LogP contribution in [0.15, 0.2) is 18.2 Å².